The number of esters is 1. The first-order valence-electron chi connectivity index (χ1n) is 5.44. The number of amidine groups is 1. The number of ether oxygens (including phenoxy) is 1. The van der Waals surface area contributed by atoms with Gasteiger partial charge >= 0.3 is 12.0 Å². The smallest absolute Gasteiger partial charge is 0.326 e. The average Bonchev–Trinajstić information content (AvgIpc) is 2.28. The van der Waals surface area contributed by atoms with Gasteiger partial charge in [-0.15, -0.1) is 0 Å². The van der Waals surface area contributed by atoms with E-state index in [9.17, 15) is 14.4 Å². The summed E-state index contributed by atoms with van der Waals surface area (Å²) in [5.74, 6) is -1.39. The van der Waals surface area contributed by atoms with Gasteiger partial charge in [-0.1, -0.05) is 0 Å². The van der Waals surface area contributed by atoms with E-state index < -0.39 is 23.8 Å². The van der Waals surface area contributed by atoms with Crippen molar-refractivity contribution in [3.05, 3.63) is 0 Å². The Labute approximate surface area is 97.6 Å². The fourth-order valence-corrected chi connectivity index (χ4v) is 1.92. The lowest BCUT2D eigenvalue weighted by Gasteiger charge is -2.30. The number of carbonyl (C=O) groups is 3. The fraction of sp³-hybridized carbons (Fsp3) is 0.600. The maximum absolute atomic E-state index is 11.6. The van der Waals surface area contributed by atoms with Crippen LogP contribution < -0.4 is 10.6 Å². The Kier molecular flexibility index (Phi) is 3.08. The summed E-state index contributed by atoms with van der Waals surface area (Å²) >= 11 is 0. The second kappa shape index (κ2) is 4.52. The summed E-state index contributed by atoms with van der Waals surface area (Å²) in [6, 6.07) is -0.570. The van der Waals surface area contributed by atoms with Crippen molar-refractivity contribution in [1.29, 1.82) is 0 Å². The second-order valence-electron chi connectivity index (χ2n) is 3.91. The molecule has 0 spiro atoms. The van der Waals surface area contributed by atoms with Crippen molar-refractivity contribution in [1.82, 2.24) is 10.6 Å². The van der Waals surface area contributed by atoms with Gasteiger partial charge in [0.15, 0.2) is 0 Å². The van der Waals surface area contributed by atoms with Gasteiger partial charge in [0.1, 0.15) is 5.84 Å². The van der Waals surface area contributed by atoms with Crippen LogP contribution in [0.2, 0.25) is 0 Å². The van der Waals surface area contributed by atoms with Gasteiger partial charge in [0, 0.05) is 0 Å². The number of nitrogens with one attached hydrogen (secondary N) is 2. The molecule has 2 heterocycles. The van der Waals surface area contributed by atoms with Gasteiger partial charge in [-0.05, 0) is 13.3 Å². The molecular weight excluding hydrogens is 226 g/mol. The Morgan fingerprint density at radius 3 is 2.94 bits per heavy atom. The molecule has 0 bridgehead atoms. The predicted molar refractivity (Wildman–Crippen MR) is 57.2 cm³/mol. The van der Waals surface area contributed by atoms with E-state index in [1.54, 1.807) is 6.92 Å². The lowest BCUT2D eigenvalue weighted by Crippen LogP contribution is -2.57. The first-order valence-corrected chi connectivity index (χ1v) is 5.44. The molecule has 3 amide bonds. The second-order valence-corrected chi connectivity index (χ2v) is 3.91. The highest BCUT2D eigenvalue weighted by Crippen LogP contribution is 2.22. The number of rotatable bonds is 2. The molecule has 2 atom stereocenters. The maximum Gasteiger partial charge on any atom is 0.326 e. The molecular formula is C10H13N3O4. The molecule has 2 aliphatic rings. The highest BCUT2D eigenvalue weighted by Gasteiger charge is 2.39. The van der Waals surface area contributed by atoms with Crippen molar-refractivity contribution in [2.45, 2.75) is 13.3 Å². The SMILES string of the molecule is CCOC(=O)C1CN=C2NC(=O)NC(=O)C2C1. The lowest BCUT2D eigenvalue weighted by molar-refractivity contribution is -0.148. The summed E-state index contributed by atoms with van der Waals surface area (Å²) in [6.45, 7) is 2.28. The number of carbonyl (C=O) groups excluding carboxylic acids is 3. The van der Waals surface area contributed by atoms with E-state index in [1.165, 1.54) is 0 Å². The van der Waals surface area contributed by atoms with E-state index in [-0.39, 0.29) is 12.5 Å². The van der Waals surface area contributed by atoms with Gasteiger partial charge in [0.2, 0.25) is 5.91 Å². The van der Waals surface area contributed by atoms with Crippen LogP contribution in [0, 0.1) is 11.8 Å². The third-order valence-electron chi connectivity index (χ3n) is 2.75. The fourth-order valence-electron chi connectivity index (χ4n) is 1.92. The van der Waals surface area contributed by atoms with Crippen LogP contribution in [0.15, 0.2) is 4.99 Å². The largest absolute Gasteiger partial charge is 0.466 e. The molecule has 7 nitrogen and oxygen atoms in total. The zero-order valence-corrected chi connectivity index (χ0v) is 9.36. The molecule has 1 fully saturated rings. The van der Waals surface area contributed by atoms with Crippen LogP contribution in [0.1, 0.15) is 13.3 Å². The van der Waals surface area contributed by atoms with Crippen molar-refractivity contribution in [3.8, 4) is 0 Å². The molecule has 17 heavy (non-hydrogen) atoms. The third kappa shape index (κ3) is 2.27. The number of imide groups is 1. The van der Waals surface area contributed by atoms with Gasteiger partial charge in [-0.3, -0.25) is 25.2 Å². The number of hydrogen-bond acceptors (Lipinski definition) is 5. The van der Waals surface area contributed by atoms with Crippen LogP contribution >= 0.6 is 0 Å². The van der Waals surface area contributed by atoms with E-state index >= 15 is 0 Å². The van der Waals surface area contributed by atoms with Crippen molar-refractivity contribution < 1.29 is 19.1 Å². The molecule has 0 aromatic heterocycles. The molecule has 2 unspecified atom stereocenters. The van der Waals surface area contributed by atoms with Crippen LogP contribution in [0.4, 0.5) is 4.79 Å². The molecule has 0 aromatic rings. The summed E-state index contributed by atoms with van der Waals surface area (Å²) < 4.78 is 4.89. The zero-order valence-electron chi connectivity index (χ0n) is 9.36. The molecule has 0 radical (unpaired) electrons. The van der Waals surface area contributed by atoms with E-state index in [0.29, 0.717) is 18.9 Å². The number of fused-ring (bicyclic) bond motifs is 1. The van der Waals surface area contributed by atoms with Gasteiger partial charge in [0.25, 0.3) is 0 Å². The highest BCUT2D eigenvalue weighted by molar-refractivity contribution is 6.18. The molecule has 2 N–H and O–H groups in total. The number of hydrogen-bond donors (Lipinski definition) is 2. The van der Waals surface area contributed by atoms with Gasteiger partial charge in [-0.2, -0.15) is 0 Å². The summed E-state index contributed by atoms with van der Waals surface area (Å²) in [7, 11) is 0. The molecule has 2 aliphatic heterocycles. The maximum atomic E-state index is 11.6. The molecule has 0 saturated carbocycles. The number of nitrogens with zero attached hydrogens (tertiary/aromatic N) is 1. The minimum atomic E-state index is -0.570. The Morgan fingerprint density at radius 1 is 1.47 bits per heavy atom. The van der Waals surface area contributed by atoms with Gasteiger partial charge in [-0.25, -0.2) is 4.79 Å². The zero-order chi connectivity index (χ0) is 12.4. The van der Waals surface area contributed by atoms with Crippen molar-refractivity contribution in [2.75, 3.05) is 13.2 Å². The Balaban J connectivity index is 2.10. The third-order valence-corrected chi connectivity index (χ3v) is 2.75. The van der Waals surface area contributed by atoms with E-state index in [2.05, 4.69) is 15.6 Å². The normalized spacial score (nSPS) is 27.5. The van der Waals surface area contributed by atoms with Crippen LogP contribution in [-0.4, -0.2) is 36.9 Å². The minimum Gasteiger partial charge on any atom is -0.466 e. The number of urea groups is 1. The summed E-state index contributed by atoms with van der Waals surface area (Å²) in [5, 5.41) is 4.62. The van der Waals surface area contributed by atoms with E-state index in [1.807, 2.05) is 0 Å². The first kappa shape index (κ1) is 11.6. The molecule has 2 rings (SSSR count). The Morgan fingerprint density at radius 2 is 2.24 bits per heavy atom. The van der Waals surface area contributed by atoms with Gasteiger partial charge in [0.05, 0.1) is 25.0 Å². The quantitative estimate of drug-likeness (QED) is 0.630. The monoisotopic (exact) mass is 239 g/mol. The molecule has 92 valence electrons. The Bertz CT molecular complexity index is 404. The van der Waals surface area contributed by atoms with Crippen molar-refractivity contribution >= 4 is 23.7 Å². The van der Waals surface area contributed by atoms with Gasteiger partial charge < -0.3 is 4.74 Å². The molecule has 1 saturated heterocycles. The standard InChI is InChI=1S/C10H13N3O4/c1-2-17-9(15)5-3-6-7(11-4-5)12-10(16)13-8(6)14/h5-6H,2-4H2,1H3,(H2,11,12,13,14,16). The van der Waals surface area contributed by atoms with Crippen molar-refractivity contribution in [3.63, 3.8) is 0 Å². The minimum absolute atomic E-state index is 0.248. The lowest BCUT2D eigenvalue weighted by atomic mass is 9.89. The van der Waals surface area contributed by atoms with E-state index in [0.717, 1.165) is 0 Å². The summed E-state index contributed by atoms with van der Waals surface area (Å²) in [6.07, 6.45) is 0.323. The Hall–Kier alpha value is -1.92. The van der Waals surface area contributed by atoms with E-state index in [4.69, 9.17) is 4.74 Å². The number of aliphatic imine (C=N–C) groups is 1. The van der Waals surface area contributed by atoms with Crippen LogP contribution in [0.3, 0.4) is 0 Å². The molecule has 0 aromatic carbocycles. The van der Waals surface area contributed by atoms with Crippen LogP contribution in [0.5, 0.6) is 0 Å². The van der Waals surface area contributed by atoms with Crippen LogP contribution in [0.25, 0.3) is 0 Å². The average molecular weight is 239 g/mol. The summed E-state index contributed by atoms with van der Waals surface area (Å²) in [5.41, 5.74) is 0. The van der Waals surface area contributed by atoms with Crippen LogP contribution in [-0.2, 0) is 14.3 Å². The highest BCUT2D eigenvalue weighted by atomic mass is 16.5. The molecule has 7 heteroatoms. The molecule has 0 aliphatic carbocycles. The summed E-state index contributed by atoms with van der Waals surface area (Å²) in [4.78, 5) is 38.2. The first-order chi connectivity index (χ1) is 8.11. The van der Waals surface area contributed by atoms with Crippen molar-refractivity contribution in [2.24, 2.45) is 16.8 Å². The topological polar surface area (TPSA) is 96.9 Å². The predicted octanol–water partition coefficient (Wildman–Crippen LogP) is -0.577. The number of amides is 3.